The fourth-order valence-electron chi connectivity index (χ4n) is 4.35. The molecule has 31 heavy (non-hydrogen) atoms. The molecule has 1 amide bonds. The van der Waals surface area contributed by atoms with Gasteiger partial charge in [0.2, 0.25) is 5.91 Å². The van der Waals surface area contributed by atoms with E-state index in [0.29, 0.717) is 24.0 Å². The van der Waals surface area contributed by atoms with Gasteiger partial charge >= 0.3 is 5.69 Å². The van der Waals surface area contributed by atoms with Crippen LogP contribution in [0, 0.1) is 11.8 Å². The van der Waals surface area contributed by atoms with Crippen LogP contribution < -0.4 is 21.3 Å². The molecule has 1 fully saturated rings. The Morgan fingerprint density at radius 1 is 1.10 bits per heavy atom. The Hall–Kier alpha value is -3.35. The summed E-state index contributed by atoms with van der Waals surface area (Å²) in [5.41, 5.74) is 0.931. The molecule has 1 saturated carbocycles. The van der Waals surface area contributed by atoms with Gasteiger partial charge in [0.1, 0.15) is 5.75 Å². The monoisotopic (exact) mass is 421 g/mol. The van der Waals surface area contributed by atoms with Gasteiger partial charge in [0.05, 0.1) is 18.0 Å². The molecule has 0 atom stereocenters. The third kappa shape index (κ3) is 4.71. The molecule has 0 saturated heterocycles. The quantitative estimate of drug-likeness (QED) is 0.640. The van der Waals surface area contributed by atoms with Gasteiger partial charge in [-0.15, -0.1) is 0 Å². The lowest BCUT2D eigenvalue weighted by Gasteiger charge is -2.28. The molecule has 1 aliphatic rings. The highest BCUT2D eigenvalue weighted by atomic mass is 16.5. The number of rotatable bonds is 6. The molecule has 0 spiro atoms. The number of ether oxygens (including phenoxy) is 1. The number of H-pyrrole nitrogens is 1. The zero-order valence-corrected chi connectivity index (χ0v) is 17.6. The SMILES string of the molecule is COc1cccc(CNC(=O)C2CCC(Cn3c(=O)[nH]c4ccccc4c3=O)CC2)c1. The van der Waals surface area contributed by atoms with E-state index in [1.54, 1.807) is 31.4 Å². The Morgan fingerprint density at radius 2 is 1.87 bits per heavy atom. The number of aromatic amines is 1. The van der Waals surface area contributed by atoms with Gasteiger partial charge in [-0.1, -0.05) is 24.3 Å². The molecule has 7 heteroatoms. The van der Waals surface area contributed by atoms with Gasteiger partial charge in [0.15, 0.2) is 0 Å². The van der Waals surface area contributed by atoms with E-state index in [9.17, 15) is 14.4 Å². The first-order valence-corrected chi connectivity index (χ1v) is 10.7. The van der Waals surface area contributed by atoms with Crippen molar-refractivity contribution in [1.29, 1.82) is 0 Å². The second kappa shape index (κ2) is 9.20. The van der Waals surface area contributed by atoms with Gasteiger partial charge in [-0.05, 0) is 61.4 Å². The number of para-hydroxylation sites is 1. The molecule has 7 nitrogen and oxygen atoms in total. The average molecular weight is 421 g/mol. The first-order valence-electron chi connectivity index (χ1n) is 10.7. The summed E-state index contributed by atoms with van der Waals surface area (Å²) >= 11 is 0. The number of amides is 1. The molecule has 1 heterocycles. The van der Waals surface area contributed by atoms with Crippen molar-refractivity contribution in [3.63, 3.8) is 0 Å². The minimum absolute atomic E-state index is 0.0338. The molecule has 1 aromatic heterocycles. The Labute approximate surface area is 180 Å². The van der Waals surface area contributed by atoms with Crippen LogP contribution in [0.1, 0.15) is 31.2 Å². The number of aromatic nitrogens is 2. The van der Waals surface area contributed by atoms with Crippen LogP contribution in [0.2, 0.25) is 0 Å². The number of nitrogens with one attached hydrogen (secondary N) is 2. The molecular formula is C24H27N3O4. The summed E-state index contributed by atoms with van der Waals surface area (Å²) in [6.45, 7) is 0.856. The van der Waals surface area contributed by atoms with E-state index < -0.39 is 0 Å². The van der Waals surface area contributed by atoms with Crippen LogP contribution in [-0.2, 0) is 17.9 Å². The normalized spacial score (nSPS) is 18.6. The minimum atomic E-state index is -0.373. The van der Waals surface area contributed by atoms with Crippen molar-refractivity contribution in [2.24, 2.45) is 11.8 Å². The molecule has 162 valence electrons. The maximum atomic E-state index is 12.7. The van der Waals surface area contributed by atoms with E-state index in [1.807, 2.05) is 24.3 Å². The topological polar surface area (TPSA) is 93.2 Å². The van der Waals surface area contributed by atoms with E-state index in [-0.39, 0.29) is 29.0 Å². The highest BCUT2D eigenvalue weighted by Gasteiger charge is 2.27. The Balaban J connectivity index is 1.33. The van der Waals surface area contributed by atoms with Crippen LogP contribution in [0.3, 0.4) is 0 Å². The summed E-state index contributed by atoms with van der Waals surface area (Å²) in [5.74, 6) is 1.00. The second-order valence-electron chi connectivity index (χ2n) is 8.18. The van der Waals surface area contributed by atoms with E-state index in [0.717, 1.165) is 37.0 Å². The zero-order chi connectivity index (χ0) is 21.8. The number of hydrogen-bond donors (Lipinski definition) is 2. The molecule has 1 aliphatic carbocycles. The second-order valence-corrected chi connectivity index (χ2v) is 8.18. The van der Waals surface area contributed by atoms with Gasteiger partial charge in [-0.2, -0.15) is 0 Å². The predicted molar refractivity (Wildman–Crippen MR) is 119 cm³/mol. The molecule has 0 aliphatic heterocycles. The summed E-state index contributed by atoms with van der Waals surface area (Å²) in [7, 11) is 1.62. The lowest BCUT2D eigenvalue weighted by Crippen LogP contribution is -2.39. The maximum Gasteiger partial charge on any atom is 0.328 e. The Morgan fingerprint density at radius 3 is 2.65 bits per heavy atom. The summed E-state index contributed by atoms with van der Waals surface area (Å²) in [6, 6.07) is 14.7. The smallest absolute Gasteiger partial charge is 0.328 e. The molecule has 2 N–H and O–H groups in total. The molecular weight excluding hydrogens is 394 g/mol. The number of benzene rings is 2. The summed E-state index contributed by atoms with van der Waals surface area (Å²) in [4.78, 5) is 40.5. The van der Waals surface area contributed by atoms with Crippen molar-refractivity contribution in [2.45, 2.75) is 38.8 Å². The van der Waals surface area contributed by atoms with Crippen molar-refractivity contribution in [3.05, 3.63) is 74.9 Å². The standard InChI is InChI=1S/C24H27N3O4/c1-31-19-6-4-5-17(13-19)14-25-22(28)18-11-9-16(10-12-18)15-27-23(29)20-7-2-3-8-21(20)26-24(27)30/h2-8,13,16,18H,9-12,14-15H2,1H3,(H,25,28)(H,26,30). The fourth-order valence-corrected chi connectivity index (χ4v) is 4.35. The van der Waals surface area contributed by atoms with Crippen LogP contribution in [0.4, 0.5) is 0 Å². The van der Waals surface area contributed by atoms with Crippen LogP contribution in [0.15, 0.2) is 58.1 Å². The largest absolute Gasteiger partial charge is 0.497 e. The number of hydrogen-bond acceptors (Lipinski definition) is 4. The van der Waals surface area contributed by atoms with Gasteiger partial charge in [-0.25, -0.2) is 4.79 Å². The fraction of sp³-hybridized carbons (Fsp3) is 0.375. The van der Waals surface area contributed by atoms with Gasteiger partial charge in [0.25, 0.3) is 5.56 Å². The average Bonchev–Trinajstić information content (AvgIpc) is 2.80. The van der Waals surface area contributed by atoms with Gasteiger partial charge in [-0.3, -0.25) is 14.2 Å². The number of methoxy groups -OCH3 is 1. The lowest BCUT2D eigenvalue weighted by molar-refractivity contribution is -0.126. The highest BCUT2D eigenvalue weighted by molar-refractivity contribution is 5.78. The zero-order valence-electron chi connectivity index (χ0n) is 17.6. The first kappa shape index (κ1) is 20.9. The van der Waals surface area contributed by atoms with E-state index in [4.69, 9.17) is 4.74 Å². The number of nitrogens with zero attached hydrogens (tertiary/aromatic N) is 1. The molecule has 2 aromatic carbocycles. The summed E-state index contributed by atoms with van der Waals surface area (Å²) < 4.78 is 6.52. The Bertz CT molecular complexity index is 1190. The van der Waals surface area contributed by atoms with Crippen LogP contribution >= 0.6 is 0 Å². The third-order valence-corrected chi connectivity index (χ3v) is 6.15. The predicted octanol–water partition coefficient (Wildman–Crippen LogP) is 2.82. The minimum Gasteiger partial charge on any atom is -0.497 e. The van der Waals surface area contributed by atoms with Crippen LogP contribution in [0.5, 0.6) is 5.75 Å². The van der Waals surface area contributed by atoms with E-state index in [1.165, 1.54) is 4.57 Å². The highest BCUT2D eigenvalue weighted by Crippen LogP contribution is 2.29. The van der Waals surface area contributed by atoms with E-state index in [2.05, 4.69) is 10.3 Å². The maximum absolute atomic E-state index is 12.7. The summed E-state index contributed by atoms with van der Waals surface area (Å²) in [6.07, 6.45) is 3.15. The molecule has 0 bridgehead atoms. The summed E-state index contributed by atoms with van der Waals surface area (Å²) in [5, 5.41) is 3.54. The van der Waals surface area contributed by atoms with Gasteiger partial charge < -0.3 is 15.0 Å². The number of fused-ring (bicyclic) bond motifs is 1. The van der Waals surface area contributed by atoms with Crippen LogP contribution in [0.25, 0.3) is 10.9 Å². The van der Waals surface area contributed by atoms with Crippen molar-refractivity contribution in [2.75, 3.05) is 7.11 Å². The van der Waals surface area contributed by atoms with Crippen molar-refractivity contribution in [3.8, 4) is 5.75 Å². The third-order valence-electron chi connectivity index (χ3n) is 6.15. The molecule has 0 unspecified atom stereocenters. The van der Waals surface area contributed by atoms with E-state index >= 15 is 0 Å². The lowest BCUT2D eigenvalue weighted by atomic mass is 9.81. The molecule has 3 aromatic rings. The van der Waals surface area contributed by atoms with Crippen LogP contribution in [-0.4, -0.2) is 22.6 Å². The number of carbonyl (C=O) groups excluding carboxylic acids is 1. The molecule has 0 radical (unpaired) electrons. The first-order chi connectivity index (χ1) is 15.0. The Kier molecular flexibility index (Phi) is 6.21. The van der Waals surface area contributed by atoms with Crippen molar-refractivity contribution >= 4 is 16.8 Å². The van der Waals surface area contributed by atoms with Crippen molar-refractivity contribution in [1.82, 2.24) is 14.9 Å². The molecule has 4 rings (SSSR count). The number of carbonyl (C=O) groups is 1. The van der Waals surface area contributed by atoms with Crippen molar-refractivity contribution < 1.29 is 9.53 Å². The van der Waals surface area contributed by atoms with Gasteiger partial charge in [0, 0.05) is 19.0 Å².